The molecular formula is C52H52BClN6O8S. The van der Waals surface area contributed by atoms with E-state index in [-0.39, 0.29) is 23.7 Å². The number of nitrogens with one attached hydrogen (secondary N) is 2. The number of rotatable bonds is 9. The SMILES string of the molecule is CC(=O)NC(C)(C)c1ccc(-c2ccc3c(n2)Oc2ccccc2[C@@H]3C(C)(C)C(=O)Nc2nncs2)cc1.CC(C)(C(=O)O)[C@H]1c2ccccc2Oc2nc(Cl)ccc21.Cc1ccc(B(O)O)cc1. The number of amides is 2. The minimum atomic E-state index is -1.35. The molecule has 17 heteroatoms. The average molecular weight is 967 g/mol. The Morgan fingerprint density at radius 3 is 1.78 bits per heavy atom. The highest BCUT2D eigenvalue weighted by molar-refractivity contribution is 7.13. The lowest BCUT2D eigenvalue weighted by atomic mass is 9.69. The van der Waals surface area contributed by atoms with Gasteiger partial charge in [-0.3, -0.25) is 14.4 Å². The zero-order valence-corrected chi connectivity index (χ0v) is 40.9. The third-order valence-corrected chi connectivity index (χ3v) is 13.0. The maximum atomic E-state index is 13.5. The topological polar surface area (TPSA) is 206 Å². The molecule has 5 heterocycles. The summed E-state index contributed by atoms with van der Waals surface area (Å²) in [6, 6.07) is 37.6. The minimum Gasteiger partial charge on any atom is -0.481 e. The van der Waals surface area contributed by atoms with Crippen molar-refractivity contribution < 1.29 is 39.0 Å². The van der Waals surface area contributed by atoms with Gasteiger partial charge in [0, 0.05) is 46.6 Å². The number of carboxylic acids is 1. The van der Waals surface area contributed by atoms with E-state index in [1.165, 1.54) is 18.3 Å². The lowest BCUT2D eigenvalue weighted by Gasteiger charge is -2.37. The molecule has 0 bridgehead atoms. The maximum Gasteiger partial charge on any atom is 0.488 e. The second kappa shape index (κ2) is 20.3. The smallest absolute Gasteiger partial charge is 0.481 e. The maximum absolute atomic E-state index is 13.5. The summed E-state index contributed by atoms with van der Waals surface area (Å²) in [5.74, 6) is 0.400. The highest BCUT2D eigenvalue weighted by Gasteiger charge is 2.45. The van der Waals surface area contributed by atoms with Crippen LogP contribution in [0.4, 0.5) is 5.13 Å². The molecule has 2 amide bonds. The van der Waals surface area contributed by atoms with Gasteiger partial charge in [0.1, 0.15) is 22.2 Å². The highest BCUT2D eigenvalue weighted by Crippen LogP contribution is 2.53. The van der Waals surface area contributed by atoms with Crippen molar-refractivity contribution in [3.8, 4) is 34.5 Å². The number of aromatic nitrogens is 4. The van der Waals surface area contributed by atoms with Crippen molar-refractivity contribution in [1.82, 2.24) is 25.5 Å². The molecule has 14 nitrogen and oxygen atoms in total. The van der Waals surface area contributed by atoms with Gasteiger partial charge < -0.3 is 35.3 Å². The number of aryl methyl sites for hydroxylation is 1. The Hall–Kier alpha value is -6.98. The summed E-state index contributed by atoms with van der Waals surface area (Å²) in [5, 5.41) is 41.4. The van der Waals surface area contributed by atoms with E-state index in [0.29, 0.717) is 39.0 Å². The molecule has 0 unspecified atom stereocenters. The van der Waals surface area contributed by atoms with Gasteiger partial charge >= 0.3 is 13.1 Å². The number of benzene rings is 4. The van der Waals surface area contributed by atoms with Crippen LogP contribution in [-0.2, 0) is 19.9 Å². The summed E-state index contributed by atoms with van der Waals surface area (Å²) >= 11 is 7.20. The number of anilines is 1. The van der Waals surface area contributed by atoms with E-state index in [1.807, 2.05) is 132 Å². The van der Waals surface area contributed by atoms with Crippen LogP contribution in [0.2, 0.25) is 5.15 Å². The van der Waals surface area contributed by atoms with Crippen molar-refractivity contribution in [2.75, 3.05) is 5.32 Å². The Kier molecular flexibility index (Phi) is 14.7. The first kappa shape index (κ1) is 49.9. The van der Waals surface area contributed by atoms with Crippen LogP contribution in [0.15, 0.2) is 127 Å². The fourth-order valence-electron chi connectivity index (χ4n) is 8.41. The van der Waals surface area contributed by atoms with Crippen LogP contribution in [0.25, 0.3) is 11.3 Å². The van der Waals surface area contributed by atoms with Crippen LogP contribution in [0.3, 0.4) is 0 Å². The largest absolute Gasteiger partial charge is 0.488 e. The summed E-state index contributed by atoms with van der Waals surface area (Å²) in [4.78, 5) is 45.8. The molecule has 2 aliphatic heterocycles. The number of aliphatic carboxylic acids is 1. The summed E-state index contributed by atoms with van der Waals surface area (Å²) in [6.45, 7) is 14.7. The highest BCUT2D eigenvalue weighted by atomic mass is 35.5. The molecule has 354 valence electrons. The molecule has 0 fully saturated rings. The fourth-order valence-corrected chi connectivity index (χ4v) is 8.99. The van der Waals surface area contributed by atoms with Gasteiger partial charge in [0.05, 0.1) is 22.1 Å². The van der Waals surface area contributed by atoms with E-state index in [4.69, 9.17) is 36.1 Å². The van der Waals surface area contributed by atoms with Gasteiger partial charge in [0.15, 0.2) is 0 Å². The molecule has 7 aromatic rings. The number of hydrogen-bond donors (Lipinski definition) is 5. The first-order chi connectivity index (χ1) is 32.7. The van der Waals surface area contributed by atoms with Crippen LogP contribution in [-0.4, -0.2) is 60.2 Å². The van der Waals surface area contributed by atoms with Crippen LogP contribution in [0, 0.1) is 17.8 Å². The van der Waals surface area contributed by atoms with Crippen molar-refractivity contribution in [3.63, 3.8) is 0 Å². The Bertz CT molecular complexity index is 2990. The van der Waals surface area contributed by atoms with Crippen molar-refractivity contribution in [2.24, 2.45) is 10.8 Å². The van der Waals surface area contributed by atoms with E-state index >= 15 is 0 Å². The lowest BCUT2D eigenvalue weighted by Crippen LogP contribution is -2.39. The van der Waals surface area contributed by atoms with E-state index in [2.05, 4.69) is 25.8 Å². The second-order valence-corrected chi connectivity index (χ2v) is 19.6. The summed E-state index contributed by atoms with van der Waals surface area (Å²) in [6.07, 6.45) is 0. The third-order valence-electron chi connectivity index (χ3n) is 12.2. The molecule has 2 atom stereocenters. The van der Waals surface area contributed by atoms with Crippen molar-refractivity contribution in [2.45, 2.75) is 72.8 Å². The van der Waals surface area contributed by atoms with Gasteiger partial charge in [-0.2, -0.15) is 0 Å². The number of carbonyl (C=O) groups is 3. The molecule has 3 aromatic heterocycles. The first-order valence-electron chi connectivity index (χ1n) is 22.0. The van der Waals surface area contributed by atoms with Crippen LogP contribution in [0.5, 0.6) is 23.3 Å². The molecule has 0 aliphatic carbocycles. The average Bonchev–Trinajstić information content (AvgIpc) is 3.83. The molecule has 4 aromatic carbocycles. The summed E-state index contributed by atoms with van der Waals surface area (Å²) in [7, 11) is -1.35. The fraction of sp³-hybridized carbons (Fsp3) is 0.250. The lowest BCUT2D eigenvalue weighted by molar-refractivity contribution is -0.147. The Morgan fingerprint density at radius 1 is 0.696 bits per heavy atom. The number of hydrogen-bond acceptors (Lipinski definition) is 12. The predicted octanol–water partition coefficient (Wildman–Crippen LogP) is 9.63. The normalized spacial score (nSPS) is 14.5. The Labute approximate surface area is 409 Å². The molecular weight excluding hydrogens is 915 g/mol. The van der Waals surface area contributed by atoms with Gasteiger partial charge in [0.25, 0.3) is 0 Å². The van der Waals surface area contributed by atoms with E-state index in [9.17, 15) is 19.5 Å². The van der Waals surface area contributed by atoms with Gasteiger partial charge in [-0.25, -0.2) is 9.97 Å². The van der Waals surface area contributed by atoms with Gasteiger partial charge in [-0.1, -0.05) is 133 Å². The molecule has 0 saturated carbocycles. The monoisotopic (exact) mass is 966 g/mol. The van der Waals surface area contributed by atoms with E-state index < -0.39 is 29.5 Å². The number of ether oxygens (including phenoxy) is 2. The third kappa shape index (κ3) is 11.0. The van der Waals surface area contributed by atoms with Gasteiger partial charge in [-0.05, 0) is 76.0 Å². The van der Waals surface area contributed by atoms with Crippen molar-refractivity contribution in [1.29, 1.82) is 0 Å². The minimum absolute atomic E-state index is 0.0812. The van der Waals surface area contributed by atoms with Crippen LogP contribution >= 0.6 is 22.9 Å². The second-order valence-electron chi connectivity index (χ2n) is 18.4. The van der Waals surface area contributed by atoms with Gasteiger partial charge in [-0.15, -0.1) is 10.2 Å². The Morgan fingerprint density at radius 2 is 1.25 bits per heavy atom. The van der Waals surface area contributed by atoms with Crippen LogP contribution in [0.1, 0.15) is 93.7 Å². The molecule has 5 N–H and O–H groups in total. The first-order valence-corrected chi connectivity index (χ1v) is 23.3. The van der Waals surface area contributed by atoms with E-state index in [1.54, 1.807) is 43.6 Å². The Balaban J connectivity index is 0.000000188. The quantitative estimate of drug-likeness (QED) is 0.0678. The zero-order valence-electron chi connectivity index (χ0n) is 39.3. The molecule has 0 spiro atoms. The zero-order chi connectivity index (χ0) is 49.8. The number of carbonyl (C=O) groups excluding carboxylic acids is 2. The number of halogens is 1. The number of para-hydroxylation sites is 2. The molecule has 0 saturated heterocycles. The predicted molar refractivity (Wildman–Crippen MR) is 267 cm³/mol. The molecule has 0 radical (unpaired) electrons. The number of fused-ring (bicyclic) bond motifs is 4. The van der Waals surface area contributed by atoms with Crippen molar-refractivity contribution >= 4 is 58.4 Å². The number of nitrogens with zero attached hydrogens (tertiary/aromatic N) is 4. The summed E-state index contributed by atoms with van der Waals surface area (Å²) in [5.41, 5.74) is 6.92. The van der Waals surface area contributed by atoms with Crippen LogP contribution < -0.4 is 25.6 Å². The number of carboxylic acid groups (broad SMARTS) is 1. The number of pyridine rings is 2. The van der Waals surface area contributed by atoms with E-state index in [0.717, 1.165) is 44.6 Å². The van der Waals surface area contributed by atoms with Crippen molar-refractivity contribution in [3.05, 3.63) is 165 Å². The summed E-state index contributed by atoms with van der Waals surface area (Å²) < 4.78 is 12.0. The van der Waals surface area contributed by atoms with Gasteiger partial charge in [0.2, 0.25) is 28.7 Å². The standard InChI is InChI=1S/C29H29N5O3S.C16H14ClNO3.C7H9BO2/c1-17(35)33-29(4,5)19-12-10-18(11-13-19)22-15-14-21-24(20-8-6-7-9-23(20)37-25(21)31-22)28(2,3)26(36)32-27-34-30-16-38-27;1-16(2,15(19)20)13-9-5-3-4-6-11(9)21-14-10(13)7-8-12(17)18-14;1-6-2-4-7(5-3-6)8(9)10/h6-16,24H,1-5H3,(H,33,35)(H,32,34,36);3-8,13H,1-2H3,(H,19,20);2-5,9-10H,1H3/t24-;13-;/m00./s1. The molecule has 2 aliphatic rings. The molecule has 9 rings (SSSR count). The molecule has 69 heavy (non-hydrogen) atoms.